The molecular weight excluding hydrogens is 436 g/mol. The van der Waals surface area contributed by atoms with Gasteiger partial charge in [-0.25, -0.2) is 4.98 Å². The van der Waals surface area contributed by atoms with Crippen molar-refractivity contribution in [1.82, 2.24) is 24.6 Å². The zero-order valence-corrected chi connectivity index (χ0v) is 19.3. The first-order chi connectivity index (χ1) is 16.5. The van der Waals surface area contributed by atoms with Crippen LogP contribution in [0, 0.1) is 5.92 Å². The standard InChI is InChI=1S/C23H32N8O3/c1-2-20(32)30-9-3-4-18(15-30)31-14-17(12-27-31)28-23-26-13-19(21(24)33)22(29-23)25-8-5-16-6-10-34-11-7-16/h2,12-14,16,18H,1,3-11,15H2,(H2,24,33)(H2,25,26,28,29)/t18-/m1/s1. The van der Waals surface area contributed by atoms with Gasteiger partial charge in [0.2, 0.25) is 11.9 Å². The van der Waals surface area contributed by atoms with Crippen molar-refractivity contribution in [2.45, 2.75) is 38.1 Å². The van der Waals surface area contributed by atoms with Gasteiger partial charge in [0.1, 0.15) is 5.82 Å². The van der Waals surface area contributed by atoms with E-state index in [1.165, 1.54) is 12.3 Å². The second-order valence-electron chi connectivity index (χ2n) is 8.71. The van der Waals surface area contributed by atoms with E-state index in [1.54, 1.807) is 11.1 Å². The first-order valence-electron chi connectivity index (χ1n) is 11.7. The minimum absolute atomic E-state index is 0.0602. The Morgan fingerprint density at radius 1 is 1.26 bits per heavy atom. The van der Waals surface area contributed by atoms with Gasteiger partial charge in [-0.2, -0.15) is 10.1 Å². The largest absolute Gasteiger partial charge is 0.381 e. The van der Waals surface area contributed by atoms with Crippen LogP contribution in [0.4, 0.5) is 17.5 Å². The molecule has 2 amide bonds. The fourth-order valence-corrected chi connectivity index (χ4v) is 4.42. The number of ether oxygens (including phenoxy) is 1. The van der Waals surface area contributed by atoms with Crippen LogP contribution in [0.5, 0.6) is 0 Å². The Labute approximate surface area is 198 Å². The number of hydrogen-bond acceptors (Lipinski definition) is 8. The summed E-state index contributed by atoms with van der Waals surface area (Å²) in [5, 5.41) is 10.9. The molecule has 2 aliphatic rings. The predicted molar refractivity (Wildman–Crippen MR) is 128 cm³/mol. The maximum atomic E-state index is 12.0. The fraction of sp³-hybridized carbons (Fsp3) is 0.522. The molecule has 0 aliphatic carbocycles. The van der Waals surface area contributed by atoms with Gasteiger partial charge in [0.15, 0.2) is 0 Å². The van der Waals surface area contributed by atoms with Crippen LogP contribution in [0.25, 0.3) is 0 Å². The summed E-state index contributed by atoms with van der Waals surface area (Å²) < 4.78 is 7.27. The van der Waals surface area contributed by atoms with Gasteiger partial charge in [-0.15, -0.1) is 0 Å². The zero-order valence-electron chi connectivity index (χ0n) is 19.3. The molecule has 2 aromatic rings. The van der Waals surface area contributed by atoms with Gasteiger partial charge < -0.3 is 26.0 Å². The molecule has 182 valence electrons. The highest BCUT2D eigenvalue weighted by molar-refractivity contribution is 5.97. The van der Waals surface area contributed by atoms with E-state index < -0.39 is 5.91 Å². The maximum Gasteiger partial charge on any atom is 0.254 e. The molecule has 0 aromatic carbocycles. The molecule has 2 aromatic heterocycles. The van der Waals surface area contributed by atoms with Crippen molar-refractivity contribution in [2.24, 2.45) is 11.7 Å². The minimum Gasteiger partial charge on any atom is -0.381 e. The van der Waals surface area contributed by atoms with Gasteiger partial charge in [0, 0.05) is 45.2 Å². The second-order valence-corrected chi connectivity index (χ2v) is 8.71. The summed E-state index contributed by atoms with van der Waals surface area (Å²) >= 11 is 0. The van der Waals surface area contributed by atoms with Crippen molar-refractivity contribution in [1.29, 1.82) is 0 Å². The summed E-state index contributed by atoms with van der Waals surface area (Å²) in [6.07, 6.45) is 11.2. The molecular formula is C23H32N8O3. The lowest BCUT2D eigenvalue weighted by atomic mass is 9.97. The zero-order chi connectivity index (χ0) is 23.9. The number of aromatic nitrogens is 4. The Kier molecular flexibility index (Phi) is 7.73. The normalized spacial score (nSPS) is 18.9. The Balaban J connectivity index is 1.40. The second kappa shape index (κ2) is 11.1. The van der Waals surface area contributed by atoms with Gasteiger partial charge in [-0.3, -0.25) is 14.3 Å². The van der Waals surface area contributed by atoms with Crippen molar-refractivity contribution >= 4 is 29.3 Å². The van der Waals surface area contributed by atoms with E-state index in [1.807, 2.05) is 10.9 Å². The average Bonchev–Trinajstić information content (AvgIpc) is 3.33. The van der Waals surface area contributed by atoms with Crippen molar-refractivity contribution in [3.05, 3.63) is 36.8 Å². The third kappa shape index (κ3) is 5.90. The monoisotopic (exact) mass is 468 g/mol. The number of nitrogens with two attached hydrogens (primary N) is 1. The summed E-state index contributed by atoms with van der Waals surface area (Å²) in [5.74, 6) is 0.709. The summed E-state index contributed by atoms with van der Waals surface area (Å²) in [6, 6.07) is 0.0915. The Morgan fingerprint density at radius 3 is 2.85 bits per heavy atom. The van der Waals surface area contributed by atoms with Crippen LogP contribution in [-0.4, -0.2) is 69.3 Å². The van der Waals surface area contributed by atoms with E-state index in [0.717, 1.165) is 51.9 Å². The fourth-order valence-electron chi connectivity index (χ4n) is 4.42. The Bertz CT molecular complexity index is 1020. The lowest BCUT2D eigenvalue weighted by Crippen LogP contribution is -2.39. The molecule has 2 aliphatic heterocycles. The molecule has 4 N–H and O–H groups in total. The maximum absolute atomic E-state index is 12.0. The van der Waals surface area contributed by atoms with Gasteiger partial charge in [0.05, 0.1) is 23.5 Å². The van der Waals surface area contributed by atoms with Crippen molar-refractivity contribution in [3.63, 3.8) is 0 Å². The molecule has 0 radical (unpaired) electrons. The van der Waals surface area contributed by atoms with Crippen LogP contribution in [0.15, 0.2) is 31.2 Å². The van der Waals surface area contributed by atoms with Crippen LogP contribution in [0.3, 0.4) is 0 Å². The highest BCUT2D eigenvalue weighted by Crippen LogP contribution is 2.24. The number of anilines is 3. The summed E-state index contributed by atoms with van der Waals surface area (Å²) in [4.78, 5) is 34.3. The quantitative estimate of drug-likeness (QED) is 0.475. The predicted octanol–water partition coefficient (Wildman–Crippen LogP) is 2.09. The number of amides is 2. The summed E-state index contributed by atoms with van der Waals surface area (Å²) in [6.45, 7) is 7.19. The lowest BCUT2D eigenvalue weighted by molar-refractivity contribution is -0.127. The smallest absolute Gasteiger partial charge is 0.254 e. The number of piperidine rings is 1. The van der Waals surface area contributed by atoms with Crippen molar-refractivity contribution in [2.75, 3.05) is 43.5 Å². The first kappa shape index (κ1) is 23.7. The number of carbonyl (C=O) groups is 2. The van der Waals surface area contributed by atoms with Crippen molar-refractivity contribution in [3.8, 4) is 0 Å². The summed E-state index contributed by atoms with van der Waals surface area (Å²) in [5.41, 5.74) is 6.48. The van der Waals surface area contributed by atoms with Gasteiger partial charge in [0.25, 0.3) is 5.91 Å². The van der Waals surface area contributed by atoms with Crippen LogP contribution in [0.2, 0.25) is 0 Å². The molecule has 2 fully saturated rings. The average molecular weight is 469 g/mol. The first-order valence-corrected chi connectivity index (χ1v) is 11.7. The third-order valence-electron chi connectivity index (χ3n) is 6.35. The number of nitrogens with one attached hydrogen (secondary N) is 2. The Morgan fingerprint density at radius 2 is 2.09 bits per heavy atom. The number of rotatable bonds is 9. The van der Waals surface area contributed by atoms with E-state index in [9.17, 15) is 9.59 Å². The van der Waals surface area contributed by atoms with Gasteiger partial charge in [-0.1, -0.05) is 6.58 Å². The van der Waals surface area contributed by atoms with E-state index in [0.29, 0.717) is 36.5 Å². The van der Waals surface area contributed by atoms with Crippen LogP contribution in [-0.2, 0) is 9.53 Å². The van der Waals surface area contributed by atoms with Gasteiger partial charge >= 0.3 is 0 Å². The molecule has 0 saturated carbocycles. The van der Waals surface area contributed by atoms with Gasteiger partial charge in [-0.05, 0) is 44.1 Å². The number of primary amides is 1. The SMILES string of the molecule is C=CC(=O)N1CCC[C@@H](n2cc(Nc3ncc(C(N)=O)c(NCCC4CCOCC4)n3)cn2)C1. The number of hydrogen-bond donors (Lipinski definition) is 3. The molecule has 1 atom stereocenters. The third-order valence-corrected chi connectivity index (χ3v) is 6.35. The molecule has 34 heavy (non-hydrogen) atoms. The van der Waals surface area contributed by atoms with Crippen LogP contribution in [0.1, 0.15) is 48.5 Å². The number of nitrogens with zero attached hydrogens (tertiary/aromatic N) is 5. The molecule has 0 unspecified atom stereocenters. The molecule has 11 nitrogen and oxygen atoms in total. The highest BCUT2D eigenvalue weighted by Gasteiger charge is 2.24. The lowest BCUT2D eigenvalue weighted by Gasteiger charge is -2.32. The van der Waals surface area contributed by atoms with Crippen LogP contribution < -0.4 is 16.4 Å². The Hall–Kier alpha value is -3.47. The summed E-state index contributed by atoms with van der Waals surface area (Å²) in [7, 11) is 0. The molecule has 2 saturated heterocycles. The molecule has 11 heteroatoms. The van der Waals surface area contributed by atoms with E-state index >= 15 is 0 Å². The topological polar surface area (TPSA) is 140 Å². The minimum atomic E-state index is -0.580. The number of carbonyl (C=O) groups excluding carboxylic acids is 2. The van der Waals surface area contributed by atoms with Crippen LogP contribution >= 0.6 is 0 Å². The van der Waals surface area contributed by atoms with E-state index in [-0.39, 0.29) is 17.5 Å². The van der Waals surface area contributed by atoms with Crippen molar-refractivity contribution < 1.29 is 14.3 Å². The molecule has 0 spiro atoms. The van der Waals surface area contributed by atoms with E-state index in [4.69, 9.17) is 10.5 Å². The molecule has 4 rings (SSSR count). The van der Waals surface area contributed by atoms with E-state index in [2.05, 4.69) is 32.3 Å². The molecule has 4 heterocycles. The highest BCUT2D eigenvalue weighted by atomic mass is 16.5. The number of likely N-dealkylation sites (tertiary alicyclic amines) is 1. The molecule has 0 bridgehead atoms.